The predicted molar refractivity (Wildman–Crippen MR) is 145 cm³/mol. The van der Waals surface area contributed by atoms with Crippen LogP contribution in [0.5, 0.6) is 0 Å². The van der Waals surface area contributed by atoms with Crippen molar-refractivity contribution >= 4 is 17.5 Å². The molecule has 1 amide bonds. The molecule has 1 fully saturated rings. The molecule has 1 N–H and O–H groups in total. The van der Waals surface area contributed by atoms with Gasteiger partial charge in [-0.15, -0.1) is 0 Å². The quantitative estimate of drug-likeness (QED) is 0.624. The predicted octanol–water partition coefficient (Wildman–Crippen LogP) is 4.19. The van der Waals surface area contributed by atoms with Gasteiger partial charge in [-0.05, 0) is 89.5 Å². The lowest BCUT2D eigenvalue weighted by molar-refractivity contribution is -0.136. The number of halogens is 1. The molecule has 190 valence electrons. The van der Waals surface area contributed by atoms with Gasteiger partial charge in [0.15, 0.2) is 0 Å². The van der Waals surface area contributed by atoms with E-state index in [1.54, 1.807) is 0 Å². The van der Waals surface area contributed by atoms with Gasteiger partial charge in [0, 0.05) is 42.3 Å². The smallest absolute Gasteiger partial charge is 0.240 e. The Morgan fingerprint density at radius 3 is 2.40 bits per heavy atom. The summed E-state index contributed by atoms with van der Waals surface area (Å²) in [6.07, 6.45) is 3.71. The van der Waals surface area contributed by atoms with Crippen molar-refractivity contribution in [3.8, 4) is 0 Å². The molecule has 1 spiro atoms. The van der Waals surface area contributed by atoms with Gasteiger partial charge in [-0.2, -0.15) is 0 Å². The Balaban J connectivity index is 1.50. The standard InChI is InChI=1S/C29H41ClN4O/c1-28(2,32(3)4)21-31-26(20-22-10-12-24(30)13-11-22)27(35)34-18-15-29(16-19-34)25-9-7-6-8-23(25)14-17-33(29)5/h6-13,26,31H,14-21H2,1-5H3/t26-/m1/s1. The lowest BCUT2D eigenvalue weighted by atomic mass is 9.74. The lowest BCUT2D eigenvalue weighted by Gasteiger charge is -2.51. The Morgan fingerprint density at radius 2 is 1.74 bits per heavy atom. The molecule has 2 heterocycles. The Labute approximate surface area is 216 Å². The molecule has 0 saturated carbocycles. The maximum Gasteiger partial charge on any atom is 0.240 e. The van der Waals surface area contributed by atoms with Gasteiger partial charge in [0.2, 0.25) is 5.91 Å². The maximum atomic E-state index is 13.9. The SMILES string of the molecule is CN(C)C(C)(C)CN[C@H](Cc1ccc(Cl)cc1)C(=O)N1CCC2(CC1)c1ccccc1CCN2C. The molecule has 6 heteroatoms. The summed E-state index contributed by atoms with van der Waals surface area (Å²) in [5.74, 6) is 0.205. The highest BCUT2D eigenvalue weighted by Crippen LogP contribution is 2.42. The maximum absolute atomic E-state index is 13.9. The minimum absolute atomic E-state index is 0.0393. The molecule has 0 radical (unpaired) electrons. The molecule has 0 unspecified atom stereocenters. The van der Waals surface area contributed by atoms with E-state index in [1.165, 1.54) is 11.1 Å². The number of nitrogens with zero attached hydrogens (tertiary/aromatic N) is 3. The van der Waals surface area contributed by atoms with Crippen LogP contribution in [0.4, 0.5) is 0 Å². The number of rotatable bonds is 7. The van der Waals surface area contributed by atoms with Crippen LogP contribution < -0.4 is 5.32 Å². The number of carbonyl (C=O) groups is 1. The molecule has 5 nitrogen and oxygen atoms in total. The Kier molecular flexibility index (Phi) is 7.92. The third kappa shape index (κ3) is 5.59. The average Bonchev–Trinajstić information content (AvgIpc) is 2.85. The van der Waals surface area contributed by atoms with Crippen molar-refractivity contribution in [1.82, 2.24) is 20.0 Å². The van der Waals surface area contributed by atoms with Crippen LogP contribution in [0.2, 0.25) is 5.02 Å². The molecule has 4 rings (SSSR count). The van der Waals surface area contributed by atoms with E-state index in [0.717, 1.165) is 56.0 Å². The van der Waals surface area contributed by atoms with Gasteiger partial charge < -0.3 is 15.1 Å². The molecule has 35 heavy (non-hydrogen) atoms. The van der Waals surface area contributed by atoms with Crippen LogP contribution in [-0.2, 0) is 23.2 Å². The van der Waals surface area contributed by atoms with Crippen LogP contribution in [0.25, 0.3) is 0 Å². The number of hydrogen-bond donors (Lipinski definition) is 1. The molecule has 2 aliphatic heterocycles. The van der Waals surface area contributed by atoms with Crippen molar-refractivity contribution in [2.45, 2.75) is 56.7 Å². The highest BCUT2D eigenvalue weighted by Gasteiger charge is 2.44. The van der Waals surface area contributed by atoms with Gasteiger partial charge in [-0.3, -0.25) is 9.69 Å². The summed E-state index contributed by atoms with van der Waals surface area (Å²) in [5, 5.41) is 4.34. The van der Waals surface area contributed by atoms with E-state index in [1.807, 2.05) is 24.3 Å². The van der Waals surface area contributed by atoms with Gasteiger partial charge in [0.25, 0.3) is 0 Å². The summed E-state index contributed by atoms with van der Waals surface area (Å²) in [5.41, 5.74) is 4.04. The van der Waals surface area contributed by atoms with Crippen LogP contribution in [-0.4, -0.2) is 79.5 Å². The lowest BCUT2D eigenvalue weighted by Crippen LogP contribution is -2.59. The number of carbonyl (C=O) groups excluding carboxylic acids is 1. The summed E-state index contributed by atoms with van der Waals surface area (Å²) >= 11 is 6.11. The number of piperidine rings is 1. The highest BCUT2D eigenvalue weighted by molar-refractivity contribution is 6.30. The monoisotopic (exact) mass is 496 g/mol. The molecule has 1 atom stereocenters. The first-order chi connectivity index (χ1) is 16.6. The average molecular weight is 497 g/mol. The van der Waals surface area contributed by atoms with Crippen molar-refractivity contribution in [3.05, 3.63) is 70.2 Å². The first kappa shape index (κ1) is 26.2. The van der Waals surface area contributed by atoms with E-state index in [2.05, 4.69) is 79.3 Å². The molecular formula is C29H41ClN4O. The van der Waals surface area contributed by atoms with Gasteiger partial charge >= 0.3 is 0 Å². The van der Waals surface area contributed by atoms with Crippen LogP contribution in [0.1, 0.15) is 43.4 Å². The number of hydrogen-bond acceptors (Lipinski definition) is 4. The molecule has 2 aliphatic rings. The number of nitrogens with one attached hydrogen (secondary N) is 1. The molecular weight excluding hydrogens is 456 g/mol. The third-order valence-electron chi connectivity index (χ3n) is 8.51. The summed E-state index contributed by atoms with van der Waals surface area (Å²) in [6.45, 7) is 7.78. The first-order valence-corrected chi connectivity index (χ1v) is 13.2. The van der Waals surface area contributed by atoms with E-state index in [4.69, 9.17) is 11.6 Å². The van der Waals surface area contributed by atoms with Crippen molar-refractivity contribution in [1.29, 1.82) is 0 Å². The van der Waals surface area contributed by atoms with Crippen LogP contribution >= 0.6 is 11.6 Å². The zero-order valence-corrected chi connectivity index (χ0v) is 22.7. The minimum atomic E-state index is -0.263. The Hall–Kier alpha value is -1.92. The van der Waals surface area contributed by atoms with Crippen molar-refractivity contribution < 1.29 is 4.79 Å². The molecule has 1 saturated heterocycles. The fraction of sp³-hybridized carbons (Fsp3) is 0.552. The number of likely N-dealkylation sites (tertiary alicyclic amines) is 1. The van der Waals surface area contributed by atoms with E-state index in [-0.39, 0.29) is 23.0 Å². The van der Waals surface area contributed by atoms with Crippen LogP contribution in [0, 0.1) is 0 Å². The molecule has 2 aromatic rings. The second-order valence-electron chi connectivity index (χ2n) is 11.2. The molecule has 0 aliphatic carbocycles. The first-order valence-electron chi connectivity index (χ1n) is 12.9. The summed E-state index contributed by atoms with van der Waals surface area (Å²) in [6, 6.07) is 16.5. The van der Waals surface area contributed by atoms with E-state index in [9.17, 15) is 4.79 Å². The minimum Gasteiger partial charge on any atom is -0.341 e. The van der Waals surface area contributed by atoms with Gasteiger partial charge in [-0.25, -0.2) is 0 Å². The second kappa shape index (κ2) is 10.6. The van der Waals surface area contributed by atoms with E-state index >= 15 is 0 Å². The third-order valence-corrected chi connectivity index (χ3v) is 8.76. The number of fused-ring (bicyclic) bond motifs is 2. The van der Waals surface area contributed by atoms with E-state index in [0.29, 0.717) is 6.42 Å². The zero-order chi connectivity index (χ0) is 25.2. The Bertz CT molecular complexity index is 1010. The van der Waals surface area contributed by atoms with Crippen molar-refractivity contribution in [2.24, 2.45) is 0 Å². The number of likely N-dealkylation sites (N-methyl/N-ethyl adjacent to an activating group) is 2. The van der Waals surface area contributed by atoms with Crippen LogP contribution in [0.3, 0.4) is 0 Å². The van der Waals surface area contributed by atoms with Gasteiger partial charge in [0.05, 0.1) is 6.04 Å². The number of amides is 1. The summed E-state index contributed by atoms with van der Waals surface area (Å²) in [7, 11) is 6.42. The summed E-state index contributed by atoms with van der Waals surface area (Å²) < 4.78 is 0. The highest BCUT2D eigenvalue weighted by atomic mass is 35.5. The van der Waals surface area contributed by atoms with Crippen molar-refractivity contribution in [3.63, 3.8) is 0 Å². The largest absolute Gasteiger partial charge is 0.341 e. The Morgan fingerprint density at radius 1 is 1.09 bits per heavy atom. The van der Waals surface area contributed by atoms with Crippen molar-refractivity contribution in [2.75, 3.05) is 47.3 Å². The molecule has 0 aromatic heterocycles. The van der Waals surface area contributed by atoms with Gasteiger partial charge in [-0.1, -0.05) is 48.0 Å². The molecule has 0 bridgehead atoms. The topological polar surface area (TPSA) is 38.8 Å². The zero-order valence-electron chi connectivity index (χ0n) is 22.0. The van der Waals surface area contributed by atoms with Gasteiger partial charge in [0.1, 0.15) is 0 Å². The summed E-state index contributed by atoms with van der Waals surface area (Å²) in [4.78, 5) is 20.7. The number of benzene rings is 2. The fourth-order valence-corrected chi connectivity index (χ4v) is 5.63. The van der Waals surface area contributed by atoms with Crippen LogP contribution in [0.15, 0.2) is 48.5 Å². The van der Waals surface area contributed by atoms with E-state index < -0.39 is 0 Å². The fourth-order valence-electron chi connectivity index (χ4n) is 5.50. The second-order valence-corrected chi connectivity index (χ2v) is 11.6. The normalized spacial score (nSPS) is 19.1. The molecule has 2 aromatic carbocycles.